The number of aryl methyl sites for hydroxylation is 1. The van der Waals surface area contributed by atoms with Gasteiger partial charge in [-0.3, -0.25) is 9.78 Å². The van der Waals surface area contributed by atoms with Crippen LogP contribution < -0.4 is 10.6 Å². The molecule has 2 heterocycles. The van der Waals surface area contributed by atoms with Crippen molar-refractivity contribution in [2.45, 2.75) is 19.8 Å². The lowest BCUT2D eigenvalue weighted by Crippen LogP contribution is -2.26. The van der Waals surface area contributed by atoms with Gasteiger partial charge in [0, 0.05) is 17.6 Å². The summed E-state index contributed by atoms with van der Waals surface area (Å²) in [5.41, 5.74) is 2.39. The van der Waals surface area contributed by atoms with Gasteiger partial charge in [0.25, 0.3) is 5.91 Å². The van der Waals surface area contributed by atoms with E-state index in [1.165, 1.54) is 6.42 Å². The molecule has 4 heteroatoms. The number of nitrogens with zero attached hydrogens (tertiary/aromatic N) is 1. The maximum atomic E-state index is 12.4. The number of para-hydroxylation sites is 1. The van der Waals surface area contributed by atoms with E-state index < -0.39 is 0 Å². The Morgan fingerprint density at radius 1 is 1.38 bits per heavy atom. The predicted molar refractivity (Wildman–Crippen MR) is 84.4 cm³/mol. The van der Waals surface area contributed by atoms with Gasteiger partial charge in [-0.2, -0.15) is 0 Å². The molecule has 1 fully saturated rings. The average molecular weight is 283 g/mol. The highest BCUT2D eigenvalue weighted by Crippen LogP contribution is 2.17. The number of benzene rings is 1. The fourth-order valence-corrected chi connectivity index (χ4v) is 2.87. The average Bonchev–Trinajstić information content (AvgIpc) is 2.99. The Labute approximate surface area is 125 Å². The van der Waals surface area contributed by atoms with Crippen LogP contribution in [0.5, 0.6) is 0 Å². The third-order valence-corrected chi connectivity index (χ3v) is 4.10. The first-order valence-electron chi connectivity index (χ1n) is 7.59. The Morgan fingerprint density at radius 2 is 2.29 bits per heavy atom. The summed E-state index contributed by atoms with van der Waals surface area (Å²) in [4.78, 5) is 16.9. The molecule has 0 radical (unpaired) electrons. The van der Waals surface area contributed by atoms with E-state index in [1.807, 2.05) is 37.3 Å². The number of carbonyl (C=O) groups excluding carboxylic acids is 1. The van der Waals surface area contributed by atoms with Crippen LogP contribution in [0, 0.1) is 12.8 Å². The third-order valence-electron chi connectivity index (χ3n) is 4.10. The molecule has 1 amide bonds. The summed E-state index contributed by atoms with van der Waals surface area (Å²) in [7, 11) is 0. The lowest BCUT2D eigenvalue weighted by molar-refractivity contribution is 0.0953. The SMILES string of the molecule is Cc1ccc2cccc(C(=O)NCCC3CCNC3)c2n1. The van der Waals surface area contributed by atoms with Crippen LogP contribution in [0.2, 0.25) is 0 Å². The molecule has 0 aliphatic carbocycles. The standard InChI is InChI=1S/C17H21N3O/c1-12-5-6-14-3-2-4-15(16(14)20-12)17(21)19-10-8-13-7-9-18-11-13/h2-6,13,18H,7-11H2,1H3,(H,19,21). The van der Waals surface area contributed by atoms with Crippen LogP contribution in [-0.4, -0.2) is 30.5 Å². The van der Waals surface area contributed by atoms with Gasteiger partial charge in [0.15, 0.2) is 0 Å². The van der Waals surface area contributed by atoms with E-state index in [-0.39, 0.29) is 5.91 Å². The lowest BCUT2D eigenvalue weighted by Gasteiger charge is -2.10. The zero-order chi connectivity index (χ0) is 14.7. The minimum absolute atomic E-state index is 0.0235. The predicted octanol–water partition coefficient (Wildman–Crippen LogP) is 2.27. The molecule has 110 valence electrons. The van der Waals surface area contributed by atoms with E-state index in [0.717, 1.165) is 42.7 Å². The Morgan fingerprint density at radius 3 is 3.10 bits per heavy atom. The van der Waals surface area contributed by atoms with Gasteiger partial charge in [0.2, 0.25) is 0 Å². The summed E-state index contributed by atoms with van der Waals surface area (Å²) in [5, 5.41) is 7.39. The van der Waals surface area contributed by atoms with Gasteiger partial charge in [-0.05, 0) is 50.9 Å². The maximum absolute atomic E-state index is 12.4. The van der Waals surface area contributed by atoms with E-state index in [0.29, 0.717) is 11.5 Å². The molecule has 2 aromatic rings. The van der Waals surface area contributed by atoms with Crippen molar-refractivity contribution < 1.29 is 4.79 Å². The summed E-state index contributed by atoms with van der Waals surface area (Å²) in [6, 6.07) is 9.73. The van der Waals surface area contributed by atoms with Crippen molar-refractivity contribution in [3.8, 4) is 0 Å². The van der Waals surface area contributed by atoms with E-state index in [2.05, 4.69) is 15.6 Å². The molecule has 0 spiro atoms. The van der Waals surface area contributed by atoms with Gasteiger partial charge in [-0.1, -0.05) is 18.2 Å². The Balaban J connectivity index is 1.70. The second-order valence-corrected chi connectivity index (χ2v) is 5.73. The quantitative estimate of drug-likeness (QED) is 0.905. The van der Waals surface area contributed by atoms with Crippen LogP contribution in [0.4, 0.5) is 0 Å². The van der Waals surface area contributed by atoms with Crippen LogP contribution in [0.3, 0.4) is 0 Å². The monoisotopic (exact) mass is 283 g/mol. The van der Waals surface area contributed by atoms with Gasteiger partial charge in [0.1, 0.15) is 0 Å². The van der Waals surface area contributed by atoms with Gasteiger partial charge < -0.3 is 10.6 Å². The minimum Gasteiger partial charge on any atom is -0.352 e. The first-order valence-corrected chi connectivity index (χ1v) is 7.59. The molecule has 1 atom stereocenters. The van der Waals surface area contributed by atoms with Crippen molar-refractivity contribution in [3.05, 3.63) is 41.6 Å². The van der Waals surface area contributed by atoms with E-state index >= 15 is 0 Å². The number of rotatable bonds is 4. The second kappa shape index (κ2) is 6.22. The molecule has 1 saturated heterocycles. The number of hydrogen-bond acceptors (Lipinski definition) is 3. The smallest absolute Gasteiger partial charge is 0.253 e. The largest absolute Gasteiger partial charge is 0.352 e. The summed E-state index contributed by atoms with van der Waals surface area (Å²) >= 11 is 0. The molecule has 1 unspecified atom stereocenters. The fraction of sp³-hybridized carbons (Fsp3) is 0.412. The lowest BCUT2D eigenvalue weighted by atomic mass is 10.0. The minimum atomic E-state index is -0.0235. The number of carbonyl (C=O) groups is 1. The first kappa shape index (κ1) is 14.0. The van der Waals surface area contributed by atoms with Crippen molar-refractivity contribution in [1.29, 1.82) is 0 Å². The molecule has 21 heavy (non-hydrogen) atoms. The molecule has 0 bridgehead atoms. The molecule has 1 aromatic heterocycles. The van der Waals surface area contributed by atoms with Crippen LogP contribution in [0.1, 0.15) is 28.9 Å². The number of amides is 1. The van der Waals surface area contributed by atoms with Crippen LogP contribution in [0.25, 0.3) is 10.9 Å². The number of fused-ring (bicyclic) bond motifs is 1. The van der Waals surface area contributed by atoms with Crippen LogP contribution in [0.15, 0.2) is 30.3 Å². The number of nitrogens with one attached hydrogen (secondary N) is 2. The van der Waals surface area contributed by atoms with E-state index in [1.54, 1.807) is 0 Å². The topological polar surface area (TPSA) is 54.0 Å². The van der Waals surface area contributed by atoms with Gasteiger partial charge in [0.05, 0.1) is 11.1 Å². The van der Waals surface area contributed by atoms with Crippen molar-refractivity contribution in [1.82, 2.24) is 15.6 Å². The summed E-state index contributed by atoms with van der Waals surface area (Å²) in [5.74, 6) is 0.669. The number of pyridine rings is 1. The summed E-state index contributed by atoms with van der Waals surface area (Å²) < 4.78 is 0. The van der Waals surface area contributed by atoms with Crippen LogP contribution in [-0.2, 0) is 0 Å². The summed E-state index contributed by atoms with van der Waals surface area (Å²) in [6.07, 6.45) is 2.25. The van der Waals surface area contributed by atoms with Gasteiger partial charge in [-0.15, -0.1) is 0 Å². The van der Waals surface area contributed by atoms with Gasteiger partial charge in [-0.25, -0.2) is 0 Å². The Hall–Kier alpha value is -1.94. The third kappa shape index (κ3) is 3.22. The Bertz CT molecular complexity index is 648. The molecule has 4 nitrogen and oxygen atoms in total. The summed E-state index contributed by atoms with van der Waals surface area (Å²) in [6.45, 7) is 4.85. The number of hydrogen-bond donors (Lipinski definition) is 2. The van der Waals surface area contributed by atoms with Crippen molar-refractivity contribution in [3.63, 3.8) is 0 Å². The van der Waals surface area contributed by atoms with E-state index in [4.69, 9.17) is 0 Å². The molecular formula is C17H21N3O. The van der Waals surface area contributed by atoms with Gasteiger partial charge >= 0.3 is 0 Å². The number of aromatic nitrogens is 1. The zero-order valence-electron chi connectivity index (χ0n) is 12.4. The molecule has 1 aliphatic rings. The molecule has 1 aliphatic heterocycles. The highest BCUT2D eigenvalue weighted by molar-refractivity contribution is 6.05. The normalized spacial score (nSPS) is 18.0. The van der Waals surface area contributed by atoms with Crippen molar-refractivity contribution in [2.75, 3.05) is 19.6 Å². The van der Waals surface area contributed by atoms with Crippen molar-refractivity contribution >= 4 is 16.8 Å². The molecule has 2 N–H and O–H groups in total. The first-order chi connectivity index (χ1) is 10.2. The van der Waals surface area contributed by atoms with Crippen LogP contribution >= 0.6 is 0 Å². The molecular weight excluding hydrogens is 262 g/mol. The highest BCUT2D eigenvalue weighted by Gasteiger charge is 2.15. The fourth-order valence-electron chi connectivity index (χ4n) is 2.87. The molecule has 1 aromatic carbocycles. The maximum Gasteiger partial charge on any atom is 0.253 e. The second-order valence-electron chi connectivity index (χ2n) is 5.73. The molecule has 0 saturated carbocycles. The molecule has 3 rings (SSSR count). The van der Waals surface area contributed by atoms with Crippen molar-refractivity contribution in [2.24, 2.45) is 5.92 Å². The highest BCUT2D eigenvalue weighted by atomic mass is 16.1. The zero-order valence-corrected chi connectivity index (χ0v) is 12.4. The Kier molecular flexibility index (Phi) is 4.15. The van der Waals surface area contributed by atoms with E-state index in [9.17, 15) is 4.79 Å².